The van der Waals surface area contributed by atoms with E-state index in [0.29, 0.717) is 22.6 Å². The van der Waals surface area contributed by atoms with Crippen molar-refractivity contribution in [1.29, 1.82) is 0 Å². The first kappa shape index (κ1) is 16.8. The van der Waals surface area contributed by atoms with E-state index in [0.717, 1.165) is 11.1 Å². The van der Waals surface area contributed by atoms with Gasteiger partial charge in [-0.2, -0.15) is 0 Å². The molecule has 24 heavy (non-hydrogen) atoms. The van der Waals surface area contributed by atoms with Crippen molar-refractivity contribution in [2.24, 2.45) is 0 Å². The molecule has 1 saturated heterocycles. The van der Waals surface area contributed by atoms with Crippen LogP contribution in [0.15, 0.2) is 30.5 Å². The van der Waals surface area contributed by atoms with Gasteiger partial charge in [-0.3, -0.25) is 9.78 Å². The largest absolute Gasteiger partial charge is 0.506 e. The molecule has 2 N–H and O–H groups in total. The summed E-state index contributed by atoms with van der Waals surface area (Å²) in [6.45, 7) is 3.78. The first-order valence-electron chi connectivity index (χ1n) is 7.76. The molecule has 0 bridgehead atoms. The number of aliphatic hydroxyl groups excluding tert-OH is 1. The van der Waals surface area contributed by atoms with Gasteiger partial charge in [0.2, 0.25) is 5.91 Å². The van der Waals surface area contributed by atoms with Gasteiger partial charge in [-0.25, -0.2) is 0 Å². The Hall–Kier alpha value is -2.05. The number of hydrogen-bond acceptors (Lipinski definition) is 5. The van der Waals surface area contributed by atoms with Crippen LogP contribution in [0.3, 0.4) is 0 Å². The van der Waals surface area contributed by atoms with E-state index in [1.807, 2.05) is 31.2 Å². The van der Waals surface area contributed by atoms with Gasteiger partial charge in [-0.05, 0) is 25.0 Å². The van der Waals surface area contributed by atoms with Crippen LogP contribution < -0.4 is 0 Å². The summed E-state index contributed by atoms with van der Waals surface area (Å²) in [6, 6.07) is 8.01. The number of aliphatic hydroxyl groups is 1. The Kier molecular flexibility index (Phi) is 4.78. The van der Waals surface area contributed by atoms with Crippen LogP contribution in [0.5, 0.6) is 5.75 Å². The van der Waals surface area contributed by atoms with Crippen molar-refractivity contribution in [2.75, 3.05) is 5.75 Å². The number of pyridine rings is 1. The predicted molar refractivity (Wildman–Crippen MR) is 93.5 cm³/mol. The van der Waals surface area contributed by atoms with E-state index in [4.69, 9.17) is 0 Å². The fourth-order valence-electron chi connectivity index (χ4n) is 2.91. The normalized spacial score (nSPS) is 17.5. The van der Waals surface area contributed by atoms with E-state index in [1.165, 1.54) is 0 Å². The van der Waals surface area contributed by atoms with Gasteiger partial charge in [0.25, 0.3) is 0 Å². The average Bonchev–Trinajstić information content (AvgIpc) is 2.93. The monoisotopic (exact) mass is 344 g/mol. The first-order chi connectivity index (χ1) is 11.5. The minimum Gasteiger partial charge on any atom is -0.506 e. The molecule has 1 fully saturated rings. The molecule has 2 heterocycles. The zero-order chi connectivity index (χ0) is 17.3. The van der Waals surface area contributed by atoms with Crippen LogP contribution in [-0.4, -0.2) is 31.8 Å². The topological polar surface area (TPSA) is 73.7 Å². The minimum atomic E-state index is -0.222. The van der Waals surface area contributed by atoms with Gasteiger partial charge in [0.15, 0.2) is 0 Å². The van der Waals surface area contributed by atoms with E-state index in [1.54, 1.807) is 29.8 Å². The Labute approximate surface area is 145 Å². The molecule has 2 aromatic rings. The standard InChI is InChI=1S/C18H20N2O3S/c1-11-5-3-4-6-14(11)18-20(16(22)10-24-18)8-15-13(9-21)7-19-12(2)17(15)23/h3-7,18,21,23H,8-10H2,1-2H3. The van der Waals surface area contributed by atoms with Gasteiger partial charge in [0.1, 0.15) is 11.1 Å². The maximum Gasteiger partial charge on any atom is 0.234 e. The highest BCUT2D eigenvalue weighted by molar-refractivity contribution is 8.00. The van der Waals surface area contributed by atoms with E-state index >= 15 is 0 Å². The maximum absolute atomic E-state index is 12.4. The molecular formula is C18H20N2O3S. The number of thioether (sulfide) groups is 1. The number of benzene rings is 1. The molecule has 0 aliphatic carbocycles. The van der Waals surface area contributed by atoms with Crippen molar-refractivity contribution in [3.05, 3.63) is 58.4 Å². The molecule has 1 aromatic heterocycles. The predicted octanol–water partition coefficient (Wildman–Crippen LogP) is 2.67. The molecule has 6 heteroatoms. The summed E-state index contributed by atoms with van der Waals surface area (Å²) in [7, 11) is 0. The Bertz CT molecular complexity index is 779. The third-order valence-electron chi connectivity index (χ3n) is 4.35. The molecule has 0 spiro atoms. The first-order valence-corrected chi connectivity index (χ1v) is 8.81. The van der Waals surface area contributed by atoms with Gasteiger partial charge < -0.3 is 15.1 Å². The van der Waals surface area contributed by atoms with Crippen molar-refractivity contribution in [3.63, 3.8) is 0 Å². The lowest BCUT2D eigenvalue weighted by Gasteiger charge is -2.26. The molecule has 1 aromatic carbocycles. The van der Waals surface area contributed by atoms with E-state index < -0.39 is 0 Å². The Morgan fingerprint density at radius 2 is 2.08 bits per heavy atom. The summed E-state index contributed by atoms with van der Waals surface area (Å²) < 4.78 is 0. The Morgan fingerprint density at radius 3 is 2.79 bits per heavy atom. The second-order valence-corrected chi connectivity index (χ2v) is 6.96. The smallest absolute Gasteiger partial charge is 0.234 e. The molecule has 0 radical (unpaired) electrons. The SMILES string of the molecule is Cc1ccccc1C1SCC(=O)N1Cc1c(CO)cnc(C)c1O. The van der Waals surface area contributed by atoms with Crippen molar-refractivity contribution in [2.45, 2.75) is 32.4 Å². The van der Waals surface area contributed by atoms with Gasteiger partial charge >= 0.3 is 0 Å². The second kappa shape index (κ2) is 6.83. The summed E-state index contributed by atoms with van der Waals surface area (Å²) in [4.78, 5) is 18.3. The van der Waals surface area contributed by atoms with Crippen LogP contribution in [0.2, 0.25) is 0 Å². The molecule has 0 saturated carbocycles. The minimum absolute atomic E-state index is 0.0333. The lowest BCUT2D eigenvalue weighted by atomic mass is 10.1. The number of carbonyl (C=O) groups is 1. The van der Waals surface area contributed by atoms with Gasteiger partial charge in [0, 0.05) is 17.3 Å². The highest BCUT2D eigenvalue weighted by atomic mass is 32.2. The molecule has 1 atom stereocenters. The fourth-order valence-corrected chi connectivity index (χ4v) is 4.20. The van der Waals surface area contributed by atoms with Crippen molar-refractivity contribution < 1.29 is 15.0 Å². The summed E-state index contributed by atoms with van der Waals surface area (Å²) in [6.07, 6.45) is 1.56. The highest BCUT2D eigenvalue weighted by Gasteiger charge is 2.34. The highest BCUT2D eigenvalue weighted by Crippen LogP contribution is 2.41. The van der Waals surface area contributed by atoms with Crippen LogP contribution in [0.25, 0.3) is 0 Å². The average molecular weight is 344 g/mol. The Morgan fingerprint density at radius 1 is 1.33 bits per heavy atom. The lowest BCUT2D eigenvalue weighted by molar-refractivity contribution is -0.128. The van der Waals surface area contributed by atoms with Crippen molar-refractivity contribution >= 4 is 17.7 Å². The molecule has 1 amide bonds. The number of nitrogens with zero attached hydrogens (tertiary/aromatic N) is 2. The van der Waals surface area contributed by atoms with Gasteiger partial charge in [-0.1, -0.05) is 24.3 Å². The van der Waals surface area contributed by atoms with Crippen LogP contribution in [-0.2, 0) is 17.9 Å². The van der Waals surface area contributed by atoms with Crippen LogP contribution >= 0.6 is 11.8 Å². The number of aromatic hydroxyl groups is 1. The molecule has 1 aliphatic heterocycles. The molecule has 1 unspecified atom stereocenters. The number of rotatable bonds is 4. The van der Waals surface area contributed by atoms with E-state index in [-0.39, 0.29) is 30.2 Å². The van der Waals surface area contributed by atoms with Gasteiger partial charge in [0.05, 0.1) is 24.6 Å². The molecule has 1 aliphatic rings. The number of aryl methyl sites for hydroxylation is 2. The van der Waals surface area contributed by atoms with Crippen LogP contribution in [0, 0.1) is 13.8 Å². The summed E-state index contributed by atoms with van der Waals surface area (Å²) >= 11 is 1.59. The number of amides is 1. The summed E-state index contributed by atoms with van der Waals surface area (Å²) in [5.41, 5.74) is 3.84. The van der Waals surface area contributed by atoms with Gasteiger partial charge in [-0.15, -0.1) is 11.8 Å². The van der Waals surface area contributed by atoms with E-state index in [9.17, 15) is 15.0 Å². The molecular weight excluding hydrogens is 324 g/mol. The molecule has 3 rings (SSSR count). The maximum atomic E-state index is 12.4. The molecule has 5 nitrogen and oxygen atoms in total. The van der Waals surface area contributed by atoms with Crippen LogP contribution in [0.1, 0.15) is 33.3 Å². The van der Waals surface area contributed by atoms with E-state index in [2.05, 4.69) is 4.98 Å². The lowest BCUT2D eigenvalue weighted by Crippen LogP contribution is -2.28. The van der Waals surface area contributed by atoms with Crippen molar-refractivity contribution in [3.8, 4) is 5.75 Å². The molecule has 126 valence electrons. The number of aromatic nitrogens is 1. The van der Waals surface area contributed by atoms with Crippen molar-refractivity contribution in [1.82, 2.24) is 9.88 Å². The fraction of sp³-hybridized carbons (Fsp3) is 0.333. The summed E-state index contributed by atoms with van der Waals surface area (Å²) in [5, 5.41) is 19.8. The third-order valence-corrected chi connectivity index (χ3v) is 5.59. The third kappa shape index (κ3) is 2.99. The Balaban J connectivity index is 1.98. The summed E-state index contributed by atoms with van der Waals surface area (Å²) in [5.74, 6) is 0.499. The zero-order valence-corrected chi connectivity index (χ0v) is 14.5. The van der Waals surface area contributed by atoms with Crippen LogP contribution in [0.4, 0.5) is 0 Å². The quantitative estimate of drug-likeness (QED) is 0.892. The number of hydrogen-bond donors (Lipinski definition) is 2. The number of carbonyl (C=O) groups excluding carboxylic acids is 1. The second-order valence-electron chi connectivity index (χ2n) is 5.90. The zero-order valence-electron chi connectivity index (χ0n) is 13.7.